The molecule has 33 atom stereocenters. The monoisotopic (exact) mass is 1710 g/mol. The van der Waals surface area contributed by atoms with E-state index in [4.69, 9.17) is 37.5 Å². The zero-order valence-electron chi connectivity index (χ0n) is 74.2. The van der Waals surface area contributed by atoms with E-state index >= 15 is 0 Å². The van der Waals surface area contributed by atoms with Crippen LogP contribution in [0.4, 0.5) is 0 Å². The van der Waals surface area contributed by atoms with Crippen LogP contribution in [0.2, 0.25) is 0 Å². The number of aliphatic hydroxyl groups excluding tert-OH is 2. The van der Waals surface area contributed by atoms with Gasteiger partial charge in [0.15, 0.2) is 0 Å². The summed E-state index contributed by atoms with van der Waals surface area (Å²) in [5, 5.41) is 52.4. The summed E-state index contributed by atoms with van der Waals surface area (Å²) in [6, 6.07) is 5.29. The molecule has 0 radical (unpaired) electrons. The highest BCUT2D eigenvalue weighted by Crippen LogP contribution is 2.70. The number of aliphatic hydroxyl groups is 2. The number of aliphatic carboxylic acids is 1. The molecule has 0 spiro atoms. The Bertz CT molecular complexity index is 3370. The average Bonchev–Trinajstić information content (AvgIpc) is 1.57. The molecule has 17 rings (SSSR count). The van der Waals surface area contributed by atoms with Crippen LogP contribution in [0.25, 0.3) is 0 Å². The number of ether oxygens (including phenoxy) is 1. The molecule has 17 aliphatic rings. The number of cyclic esters (lactones) is 2. The highest BCUT2D eigenvalue weighted by atomic mass is 31.0. The number of ketones is 2. The quantitative estimate of drug-likeness (QED) is 0.0272. The number of esters is 2. The number of nitrogens with one attached hydrogen (secondary N) is 4. The first-order valence-electron chi connectivity index (χ1n) is 41.8. The maximum Gasteiger partial charge on any atom is 0.318 e. The summed E-state index contributed by atoms with van der Waals surface area (Å²) >= 11 is 0. The first kappa shape index (κ1) is 101. The first-order valence-corrected chi connectivity index (χ1v) is 45.0. The topological polar surface area (TPSA) is 338 Å². The number of carbonyl (C=O) groups is 7. The minimum absolute atomic E-state index is 0. The van der Waals surface area contributed by atoms with Crippen molar-refractivity contribution in [2.24, 2.45) is 201 Å². The van der Waals surface area contributed by atoms with Crippen LogP contribution in [0.15, 0.2) is 0 Å². The van der Waals surface area contributed by atoms with Gasteiger partial charge in [0.25, 0.3) is 0 Å². The van der Waals surface area contributed by atoms with Crippen molar-refractivity contribution in [3.63, 3.8) is 0 Å². The van der Waals surface area contributed by atoms with Crippen molar-refractivity contribution in [1.29, 1.82) is 10.7 Å². The van der Waals surface area contributed by atoms with Gasteiger partial charge < -0.3 is 57.2 Å². The maximum absolute atomic E-state index is 10.9. The van der Waals surface area contributed by atoms with Gasteiger partial charge in [-0.2, -0.15) is 5.26 Å². The van der Waals surface area contributed by atoms with Gasteiger partial charge in [0.2, 0.25) is 5.91 Å². The predicted octanol–water partition coefficient (Wildman–Crippen LogP) is 11.7. The van der Waals surface area contributed by atoms with Gasteiger partial charge in [-0.05, 0) is 203 Å². The largest absolute Gasteiger partial charge is 0.481 e. The van der Waals surface area contributed by atoms with Crippen LogP contribution in [0, 0.1) is 206 Å². The fourth-order valence-corrected chi connectivity index (χ4v) is 26.3. The van der Waals surface area contributed by atoms with Crippen LogP contribution in [-0.2, 0) is 38.3 Å². The van der Waals surface area contributed by atoms with Gasteiger partial charge >= 0.3 is 17.9 Å². The van der Waals surface area contributed by atoms with Crippen LogP contribution in [-0.4, -0.2) is 177 Å². The number of piperidine rings is 5. The fourth-order valence-electron chi connectivity index (χ4n) is 23.8. The minimum Gasteiger partial charge on any atom is -0.481 e. The Kier molecular flexibility index (Phi) is 31.9. The Morgan fingerprint density at radius 1 is 0.535 bits per heavy atom. The molecule has 11 saturated carbocycles. The maximum atomic E-state index is 10.9. The van der Waals surface area contributed by atoms with Crippen molar-refractivity contribution >= 4 is 104 Å². The number of nitriles is 1. The van der Waals surface area contributed by atoms with E-state index in [0.29, 0.717) is 92.7 Å². The Balaban J connectivity index is 0.000000195. The Labute approximate surface area is 702 Å². The summed E-state index contributed by atoms with van der Waals surface area (Å²) in [5.74, 6) is 8.71. The number of amides is 1. The van der Waals surface area contributed by atoms with Crippen LogP contribution in [0.5, 0.6) is 0 Å². The number of primary amides is 1. The number of Topliss-reactive ketones (excluding diaryl/α,β-unsaturated/α-hetero) is 2. The molecule has 17 fully saturated rings. The van der Waals surface area contributed by atoms with Gasteiger partial charge in [0.05, 0.1) is 35.8 Å². The molecule has 28 heteroatoms. The Morgan fingerprint density at radius 2 is 0.904 bits per heavy atom. The van der Waals surface area contributed by atoms with E-state index in [1.165, 1.54) is 33.5 Å². The summed E-state index contributed by atoms with van der Waals surface area (Å²) in [7, 11) is 16.0. The first-order chi connectivity index (χ1) is 51.5. The van der Waals surface area contributed by atoms with E-state index in [2.05, 4.69) is 233 Å². The van der Waals surface area contributed by atoms with Gasteiger partial charge in [-0.25, -0.2) is 0 Å². The molecule has 654 valence electrons. The van der Waals surface area contributed by atoms with Crippen molar-refractivity contribution in [3.8, 4) is 6.07 Å². The number of nitrogens with zero attached hydrogens (tertiary/aromatic N) is 5. The van der Waals surface area contributed by atoms with Crippen molar-refractivity contribution in [3.05, 3.63) is 0 Å². The minimum atomic E-state index is -0.852. The lowest BCUT2D eigenvalue weighted by Crippen LogP contribution is -2.33. The van der Waals surface area contributed by atoms with Crippen molar-refractivity contribution in [1.82, 2.24) is 34.2 Å². The summed E-state index contributed by atoms with van der Waals surface area (Å²) in [6.07, 6.45) is 1.08. The second-order valence-corrected chi connectivity index (χ2v) is 47.0. The number of hydrogen-bond donors (Lipinski definition) is 9. The molecule has 114 heavy (non-hydrogen) atoms. The van der Waals surface area contributed by atoms with E-state index < -0.39 is 11.9 Å². The highest BCUT2D eigenvalue weighted by Gasteiger charge is 2.73. The molecule has 1 amide bonds. The normalized spacial score (nSPS) is 41.6. The number of carboxylic acid groups (broad SMARTS) is 1. The molecule has 0 bridgehead atoms. The Morgan fingerprint density at radius 3 is 1.11 bits per heavy atom. The van der Waals surface area contributed by atoms with Crippen molar-refractivity contribution in [2.45, 2.75) is 232 Å². The SMILES string of the molecule is C.CC(=N)[C@@H]1[C@@H]2C(CN1P)C2(C)C.CC(=O)[C@@H]1C(C(=O)O)C1(C)C.CC(=O)[C@@H]1C(C(N)=O)C1(C)C.CC1(C)C(CN)[C@H]1CO.CC1(C)C(CNP)[C@H]1C=O.CC1(C)C(CNP)[C@H]1CO.CC1(C)C2CN(P)[C@H](C#N)[C@H]21.CC1(C)[C@@H]2C(=O)OC(=O)[C@@H]21.C[C@@H]1[C@@H]2C(CN1P)C2(C)C.C[C@@H]1[C@@H]2C(CN1P)C2(C)C.C[C@H]1NCC2[C@@H]1C2(C)C. The summed E-state index contributed by atoms with van der Waals surface area (Å²) in [4.78, 5) is 75.1. The lowest BCUT2D eigenvalue weighted by atomic mass is 10.00. The smallest absolute Gasteiger partial charge is 0.318 e. The molecule has 0 aromatic carbocycles. The third kappa shape index (κ3) is 20.0. The third-order valence-electron chi connectivity index (χ3n) is 33.4. The molecule has 11 N–H and O–H groups in total. The second-order valence-electron chi connectivity index (χ2n) is 43.5. The highest BCUT2D eigenvalue weighted by molar-refractivity contribution is 7.14. The standard InChI is InChI=1S/C9H17N2P.C8H13N2P.C8H13NO2.2C8H16NP.C8H15N.C8H12O3.C7H16NOP.C7H14NOP.C7H15NO.C7H8O3.CH4/c1-5(10)8-7-6(4-11(8)12)9(7,2)3;1-8(2)5-4-10(11)6(3-9)7(5)8;1-4(10)5-6(7(9)11)8(5,2)3;2*1-5-7-6(4-9(5)10)8(7,2)3;1-5-7-6(4-9-5)8(7,2)3;1-4(9)5-6(7(10)11)8(5,2)3;2*1-7(2)5(3-8-10)6(7)4-9;1-7(2)5(3-8)6(7)4-9;1-7(2)3-4(7)6(9)10-5(3)8;/h6-8,10H,4,12H2,1-3H3;5-7H,4,11H2,1-2H3;5-6H,1-3H3,(H2,9,11);2*5-7H,4,10H2,1-3H3;5-7,9H,4H2,1-3H3;5-6H,1-3H3,(H,10,11);5-6,8-9H,3-4,10H2,1-2H3;4-6,8H,3,10H2,1-2H3;5-6,9H,3-4,8H2,1-2H3;3-4H,1-2H3;1H4/t6?,7-,8+;5?,6-,7+;5-,6?;3*5-,6?,7-;5-,6?;3*5?,6-;3-,4+;/m0111111111../s1. The predicted molar refractivity (Wildman–Crippen MR) is 478 cm³/mol. The van der Waals surface area contributed by atoms with E-state index in [0.717, 1.165) is 116 Å². The summed E-state index contributed by atoms with van der Waals surface area (Å²) in [5.41, 5.74) is 14.6. The van der Waals surface area contributed by atoms with Gasteiger partial charge in [0, 0.05) is 94.1 Å². The molecular formula is C86H159N11O11P6. The summed E-state index contributed by atoms with van der Waals surface area (Å²) < 4.78 is 13.5. The number of rotatable bonds is 13. The lowest BCUT2D eigenvalue weighted by Gasteiger charge is -2.25. The molecule has 0 aromatic heterocycles. The van der Waals surface area contributed by atoms with E-state index in [1.807, 2.05) is 48.5 Å². The molecule has 6 aliphatic heterocycles. The Hall–Kier alpha value is -1.57. The van der Waals surface area contributed by atoms with Gasteiger partial charge in [-0.3, -0.25) is 47.4 Å². The zero-order valence-corrected chi connectivity index (χ0v) is 81.1. The second kappa shape index (κ2) is 35.9. The number of carbonyl (C=O) groups excluding carboxylic acids is 6. The number of hydrogen-bond acceptors (Lipinski definition) is 20. The molecule has 11 aliphatic carbocycles. The number of nitrogens with two attached hydrogens (primary N) is 2. The molecular weight excluding hydrogens is 1550 g/mol. The number of carboxylic acids is 1. The lowest BCUT2D eigenvalue weighted by molar-refractivity contribution is -0.157. The van der Waals surface area contributed by atoms with Crippen LogP contribution >= 0.6 is 56.3 Å². The van der Waals surface area contributed by atoms with Crippen LogP contribution in [0.3, 0.4) is 0 Å². The molecule has 6 saturated heterocycles. The zero-order chi connectivity index (χ0) is 86.8. The van der Waals surface area contributed by atoms with Crippen LogP contribution < -0.4 is 27.0 Å². The summed E-state index contributed by atoms with van der Waals surface area (Å²) in [6.45, 7) is 69.1. The fraction of sp³-hybridized carbons (Fsp3) is 0.895. The van der Waals surface area contributed by atoms with E-state index in [1.54, 1.807) is 0 Å². The molecule has 16 unspecified atom stereocenters. The molecule has 0 aromatic rings. The third-order valence-corrected chi connectivity index (χ3v) is 36.3. The molecule has 6 heterocycles. The van der Waals surface area contributed by atoms with E-state index in [-0.39, 0.29) is 100 Å². The van der Waals surface area contributed by atoms with E-state index in [9.17, 15) is 33.6 Å². The number of fused-ring (bicyclic) bond motifs is 6. The van der Waals surface area contributed by atoms with Crippen molar-refractivity contribution in [2.75, 3.05) is 65.6 Å². The van der Waals surface area contributed by atoms with Gasteiger partial charge in [-0.15, -0.1) is 0 Å². The molecule has 22 nitrogen and oxygen atoms in total. The van der Waals surface area contributed by atoms with Gasteiger partial charge in [-0.1, -0.05) is 216 Å². The average molecular weight is 1710 g/mol. The van der Waals surface area contributed by atoms with Crippen LogP contribution in [0.1, 0.15) is 201 Å². The number of aldehydes is 1. The van der Waals surface area contributed by atoms with Gasteiger partial charge in [0.1, 0.15) is 23.9 Å². The van der Waals surface area contributed by atoms with Crippen molar-refractivity contribution < 1.29 is 53.6 Å².